The highest BCUT2D eigenvalue weighted by Gasteiger charge is 2.37. The molecule has 1 unspecified atom stereocenters. The molecule has 0 aromatic rings. The number of nitrogens with one attached hydrogen (secondary N) is 1. The zero-order valence-corrected chi connectivity index (χ0v) is 9.69. The Morgan fingerprint density at radius 1 is 1.69 bits per heavy atom. The van der Waals surface area contributed by atoms with Crippen LogP contribution in [0, 0.1) is 5.92 Å². The molecule has 4 N–H and O–H groups in total. The topological polar surface area (TPSA) is 96.9 Å². The van der Waals surface area contributed by atoms with E-state index in [9.17, 15) is 4.79 Å². The lowest BCUT2D eigenvalue weighted by atomic mass is 9.80. The van der Waals surface area contributed by atoms with Crippen LogP contribution < -0.4 is 11.1 Å². The van der Waals surface area contributed by atoms with E-state index in [0.717, 1.165) is 19.3 Å². The summed E-state index contributed by atoms with van der Waals surface area (Å²) in [7, 11) is 1.65. The lowest BCUT2D eigenvalue weighted by Gasteiger charge is -2.40. The molecule has 0 radical (unpaired) electrons. The first kappa shape index (κ1) is 12.8. The molecule has 0 aromatic heterocycles. The number of nitrogens with zero attached hydrogens (tertiary/aromatic N) is 1. The van der Waals surface area contributed by atoms with Gasteiger partial charge in [-0.1, -0.05) is 5.16 Å². The van der Waals surface area contributed by atoms with Gasteiger partial charge in [-0.2, -0.15) is 0 Å². The van der Waals surface area contributed by atoms with Crippen LogP contribution in [0.3, 0.4) is 0 Å². The van der Waals surface area contributed by atoms with Gasteiger partial charge in [0, 0.05) is 13.7 Å². The van der Waals surface area contributed by atoms with Crippen LogP contribution in [0.1, 0.15) is 26.2 Å². The Bertz CT molecular complexity index is 282. The Balaban J connectivity index is 2.40. The van der Waals surface area contributed by atoms with Crippen molar-refractivity contribution in [2.24, 2.45) is 16.8 Å². The average Bonchev–Trinajstić information content (AvgIpc) is 2.25. The maximum Gasteiger partial charge on any atom is 0.230 e. The summed E-state index contributed by atoms with van der Waals surface area (Å²) in [6.07, 6.45) is 3.04. The third-order valence-electron chi connectivity index (χ3n) is 3.23. The fourth-order valence-corrected chi connectivity index (χ4v) is 1.65. The smallest absolute Gasteiger partial charge is 0.230 e. The fraction of sp³-hybridized carbons (Fsp3) is 0.800. The van der Waals surface area contributed by atoms with E-state index in [1.54, 1.807) is 14.0 Å². The van der Waals surface area contributed by atoms with Crippen molar-refractivity contribution in [1.29, 1.82) is 0 Å². The molecule has 0 aliphatic heterocycles. The van der Waals surface area contributed by atoms with Gasteiger partial charge in [0.2, 0.25) is 5.91 Å². The monoisotopic (exact) mass is 229 g/mol. The largest absolute Gasteiger partial charge is 0.409 e. The number of hydrogen-bond acceptors (Lipinski definition) is 4. The van der Waals surface area contributed by atoms with E-state index < -0.39 is 5.92 Å². The molecule has 0 bridgehead atoms. The van der Waals surface area contributed by atoms with Crippen LogP contribution in [-0.2, 0) is 9.53 Å². The molecule has 1 amide bonds. The number of hydrogen-bond donors (Lipinski definition) is 3. The molecule has 1 rings (SSSR count). The molecule has 92 valence electrons. The molecule has 0 aromatic carbocycles. The number of methoxy groups -OCH3 is 1. The van der Waals surface area contributed by atoms with Gasteiger partial charge in [0.05, 0.1) is 11.5 Å². The molecular weight excluding hydrogens is 210 g/mol. The van der Waals surface area contributed by atoms with Gasteiger partial charge in [-0.15, -0.1) is 0 Å². The summed E-state index contributed by atoms with van der Waals surface area (Å²) < 4.78 is 5.37. The lowest BCUT2D eigenvalue weighted by Crippen LogP contribution is -2.51. The molecule has 1 saturated carbocycles. The van der Waals surface area contributed by atoms with Gasteiger partial charge in [-0.25, -0.2) is 0 Å². The number of carbonyl (C=O) groups excluding carboxylic acids is 1. The number of rotatable bonds is 5. The minimum Gasteiger partial charge on any atom is -0.409 e. The number of oxime groups is 1. The maximum atomic E-state index is 11.6. The number of amidine groups is 1. The van der Waals surface area contributed by atoms with E-state index in [4.69, 9.17) is 15.7 Å². The normalized spacial score (nSPS) is 21.0. The molecule has 6 heteroatoms. The molecule has 1 atom stereocenters. The second kappa shape index (κ2) is 5.16. The fourth-order valence-electron chi connectivity index (χ4n) is 1.65. The quantitative estimate of drug-likeness (QED) is 0.269. The first-order chi connectivity index (χ1) is 7.54. The van der Waals surface area contributed by atoms with Crippen LogP contribution in [0.25, 0.3) is 0 Å². The van der Waals surface area contributed by atoms with E-state index >= 15 is 0 Å². The summed E-state index contributed by atoms with van der Waals surface area (Å²) in [5, 5.41) is 14.0. The molecule has 0 spiro atoms. The van der Waals surface area contributed by atoms with E-state index in [1.165, 1.54) is 0 Å². The molecule has 1 aliphatic carbocycles. The van der Waals surface area contributed by atoms with E-state index in [0.29, 0.717) is 6.54 Å². The SMILES string of the molecule is COC1(CNC(=O)C(C)C(N)=NO)CCC1. The summed E-state index contributed by atoms with van der Waals surface area (Å²) in [4.78, 5) is 11.6. The second-order valence-electron chi connectivity index (χ2n) is 4.21. The second-order valence-corrected chi connectivity index (χ2v) is 4.21. The third-order valence-corrected chi connectivity index (χ3v) is 3.23. The highest BCUT2D eigenvalue weighted by Crippen LogP contribution is 2.34. The van der Waals surface area contributed by atoms with E-state index in [2.05, 4.69) is 10.5 Å². The summed E-state index contributed by atoms with van der Waals surface area (Å²) in [6.45, 7) is 2.07. The Labute approximate surface area is 94.8 Å². The van der Waals surface area contributed by atoms with Crippen LogP contribution in [0.15, 0.2) is 5.16 Å². The molecule has 1 aliphatic rings. The van der Waals surface area contributed by atoms with Gasteiger partial charge in [0.1, 0.15) is 0 Å². The zero-order valence-electron chi connectivity index (χ0n) is 9.69. The van der Waals surface area contributed by atoms with Crippen molar-refractivity contribution in [1.82, 2.24) is 5.32 Å². The summed E-state index contributed by atoms with van der Waals surface area (Å²) in [5.74, 6) is -0.963. The van der Waals surface area contributed by atoms with Crippen molar-refractivity contribution >= 4 is 11.7 Å². The van der Waals surface area contributed by atoms with Gasteiger partial charge in [-0.05, 0) is 26.2 Å². The van der Waals surface area contributed by atoms with Crippen molar-refractivity contribution in [2.75, 3.05) is 13.7 Å². The first-order valence-electron chi connectivity index (χ1n) is 5.35. The Kier molecular flexibility index (Phi) is 4.12. The zero-order chi connectivity index (χ0) is 12.2. The van der Waals surface area contributed by atoms with Crippen LogP contribution in [0.2, 0.25) is 0 Å². The van der Waals surface area contributed by atoms with Crippen LogP contribution >= 0.6 is 0 Å². The summed E-state index contributed by atoms with van der Waals surface area (Å²) in [5.41, 5.74) is 5.14. The van der Waals surface area contributed by atoms with Gasteiger partial charge in [-0.3, -0.25) is 4.79 Å². The number of ether oxygens (including phenoxy) is 1. The molecule has 0 saturated heterocycles. The van der Waals surface area contributed by atoms with Gasteiger partial charge in [0.15, 0.2) is 5.84 Å². The van der Waals surface area contributed by atoms with Gasteiger partial charge in [0.25, 0.3) is 0 Å². The average molecular weight is 229 g/mol. The highest BCUT2D eigenvalue weighted by atomic mass is 16.5. The van der Waals surface area contributed by atoms with Crippen molar-refractivity contribution in [3.05, 3.63) is 0 Å². The van der Waals surface area contributed by atoms with Crippen molar-refractivity contribution in [3.63, 3.8) is 0 Å². The van der Waals surface area contributed by atoms with Crippen molar-refractivity contribution < 1.29 is 14.7 Å². The molecule has 6 nitrogen and oxygen atoms in total. The Morgan fingerprint density at radius 2 is 2.31 bits per heavy atom. The Morgan fingerprint density at radius 3 is 2.69 bits per heavy atom. The summed E-state index contributed by atoms with van der Waals surface area (Å²) >= 11 is 0. The van der Waals surface area contributed by atoms with E-state index in [-0.39, 0.29) is 17.3 Å². The predicted molar refractivity (Wildman–Crippen MR) is 59.2 cm³/mol. The number of carbonyl (C=O) groups is 1. The maximum absolute atomic E-state index is 11.6. The third kappa shape index (κ3) is 2.63. The molecule has 1 fully saturated rings. The number of nitrogens with two attached hydrogens (primary N) is 1. The van der Waals surface area contributed by atoms with Crippen LogP contribution in [-0.4, -0.2) is 36.2 Å². The van der Waals surface area contributed by atoms with Crippen molar-refractivity contribution in [2.45, 2.75) is 31.8 Å². The standard InChI is InChI=1S/C10H19N3O3/c1-7(8(11)13-15)9(14)12-6-10(16-2)4-3-5-10/h7,15H,3-6H2,1-2H3,(H2,11,13)(H,12,14). The van der Waals surface area contributed by atoms with Crippen LogP contribution in [0.5, 0.6) is 0 Å². The van der Waals surface area contributed by atoms with Gasteiger partial charge >= 0.3 is 0 Å². The Hall–Kier alpha value is -1.30. The first-order valence-corrected chi connectivity index (χ1v) is 5.35. The van der Waals surface area contributed by atoms with Gasteiger partial charge < -0.3 is 21.0 Å². The number of amides is 1. The van der Waals surface area contributed by atoms with Crippen molar-refractivity contribution in [3.8, 4) is 0 Å². The lowest BCUT2D eigenvalue weighted by molar-refractivity contribution is -0.126. The van der Waals surface area contributed by atoms with Crippen LogP contribution in [0.4, 0.5) is 0 Å². The molecular formula is C10H19N3O3. The summed E-state index contributed by atoms with van der Waals surface area (Å²) in [6, 6.07) is 0. The highest BCUT2D eigenvalue weighted by molar-refractivity contribution is 6.01. The minimum atomic E-state index is -0.626. The molecule has 0 heterocycles. The van der Waals surface area contributed by atoms with E-state index in [1.807, 2.05) is 0 Å². The minimum absolute atomic E-state index is 0.0856. The molecule has 16 heavy (non-hydrogen) atoms. The predicted octanol–water partition coefficient (Wildman–Crippen LogP) is 0.0542.